The maximum absolute atomic E-state index is 13.5. The van der Waals surface area contributed by atoms with Crippen LogP contribution in [0.3, 0.4) is 0 Å². The van der Waals surface area contributed by atoms with Gasteiger partial charge in [-0.1, -0.05) is 17.7 Å². The van der Waals surface area contributed by atoms with Gasteiger partial charge in [0.2, 0.25) is 0 Å². The zero-order chi connectivity index (χ0) is 24.6. The fraction of sp³-hybridized carbons (Fsp3) is 0.292. The lowest BCUT2D eigenvalue weighted by Gasteiger charge is -2.26. The van der Waals surface area contributed by atoms with Crippen LogP contribution in [0.5, 0.6) is 0 Å². The van der Waals surface area contributed by atoms with Crippen molar-refractivity contribution < 1.29 is 17.6 Å². The molecule has 0 radical (unpaired) electrons. The highest BCUT2D eigenvalue weighted by molar-refractivity contribution is 7.92. The smallest absolute Gasteiger partial charge is 0.267 e. The summed E-state index contributed by atoms with van der Waals surface area (Å²) in [5, 5.41) is 4.33. The Morgan fingerprint density at radius 2 is 1.79 bits per heavy atom. The first-order chi connectivity index (χ1) is 16.1. The van der Waals surface area contributed by atoms with Gasteiger partial charge in [0.15, 0.2) is 0 Å². The molecule has 0 saturated carbocycles. The maximum atomic E-state index is 13.5. The fourth-order valence-corrected chi connectivity index (χ4v) is 6.53. The SMILES string of the molecule is Cc1cc(C)c(N2CCCC2)c(C)c1NC(=O)c1sccc1NS(=O)(=O)c1ccc(F)c(Cl)c1. The molecule has 6 nitrogen and oxygen atoms in total. The molecule has 0 spiro atoms. The van der Waals surface area contributed by atoms with Gasteiger partial charge in [0.05, 0.1) is 15.6 Å². The first-order valence-corrected chi connectivity index (χ1v) is 13.5. The average molecular weight is 522 g/mol. The molecule has 180 valence electrons. The summed E-state index contributed by atoms with van der Waals surface area (Å²) < 4.78 is 41.5. The molecule has 1 aliphatic heterocycles. The quantitative estimate of drug-likeness (QED) is 0.409. The van der Waals surface area contributed by atoms with Gasteiger partial charge in [0, 0.05) is 24.5 Å². The number of carbonyl (C=O) groups excluding carboxylic acids is 1. The van der Waals surface area contributed by atoms with E-state index in [1.54, 1.807) is 5.38 Å². The molecule has 1 fully saturated rings. The van der Waals surface area contributed by atoms with Crippen LogP contribution in [-0.2, 0) is 10.0 Å². The topological polar surface area (TPSA) is 78.5 Å². The van der Waals surface area contributed by atoms with E-state index in [1.807, 2.05) is 13.8 Å². The van der Waals surface area contributed by atoms with Gasteiger partial charge in [0.1, 0.15) is 10.7 Å². The second-order valence-corrected chi connectivity index (χ2v) is 11.4. The fourth-order valence-electron chi connectivity index (χ4n) is 4.38. The van der Waals surface area contributed by atoms with E-state index in [9.17, 15) is 17.6 Å². The largest absolute Gasteiger partial charge is 0.371 e. The standard InChI is InChI=1S/C24H25ClFN3O3S2/c1-14-12-15(2)22(29-9-4-5-10-29)16(3)21(14)27-24(30)23-20(8-11-33-23)28-34(31,32)17-6-7-19(26)18(25)13-17/h6-8,11-13,28H,4-5,9-10H2,1-3H3,(H,27,30). The third kappa shape index (κ3) is 4.78. The Labute approximate surface area is 207 Å². The molecule has 0 aliphatic carbocycles. The molecule has 1 aromatic heterocycles. The molecule has 1 saturated heterocycles. The second-order valence-electron chi connectivity index (χ2n) is 8.35. The monoisotopic (exact) mass is 521 g/mol. The van der Waals surface area contributed by atoms with Crippen molar-refractivity contribution >= 4 is 55.9 Å². The molecule has 2 aromatic carbocycles. The molecule has 3 aromatic rings. The Hall–Kier alpha value is -2.62. The van der Waals surface area contributed by atoms with Crippen LogP contribution >= 0.6 is 22.9 Å². The molecule has 2 heterocycles. The zero-order valence-corrected chi connectivity index (χ0v) is 21.4. The molecule has 1 aliphatic rings. The molecular weight excluding hydrogens is 497 g/mol. The van der Waals surface area contributed by atoms with E-state index in [1.165, 1.54) is 6.07 Å². The Morgan fingerprint density at radius 1 is 1.09 bits per heavy atom. The maximum Gasteiger partial charge on any atom is 0.267 e. The highest BCUT2D eigenvalue weighted by Gasteiger charge is 2.24. The van der Waals surface area contributed by atoms with Crippen molar-refractivity contribution in [1.29, 1.82) is 0 Å². The van der Waals surface area contributed by atoms with Gasteiger partial charge in [-0.3, -0.25) is 9.52 Å². The molecule has 0 unspecified atom stereocenters. The Morgan fingerprint density at radius 3 is 2.47 bits per heavy atom. The number of amides is 1. The summed E-state index contributed by atoms with van der Waals surface area (Å²) in [7, 11) is -4.07. The Kier molecular flexibility index (Phi) is 6.89. The molecular formula is C24H25ClFN3O3S2. The number of nitrogens with one attached hydrogen (secondary N) is 2. The molecule has 34 heavy (non-hydrogen) atoms. The van der Waals surface area contributed by atoms with Crippen molar-refractivity contribution in [1.82, 2.24) is 0 Å². The lowest BCUT2D eigenvalue weighted by Crippen LogP contribution is -2.22. The Balaban J connectivity index is 1.61. The highest BCUT2D eigenvalue weighted by Crippen LogP contribution is 2.36. The molecule has 2 N–H and O–H groups in total. The predicted molar refractivity (Wildman–Crippen MR) is 137 cm³/mol. The van der Waals surface area contributed by atoms with Gasteiger partial charge in [0.25, 0.3) is 15.9 Å². The minimum Gasteiger partial charge on any atom is -0.371 e. The normalized spacial score (nSPS) is 13.9. The summed E-state index contributed by atoms with van der Waals surface area (Å²) in [4.78, 5) is 15.6. The van der Waals surface area contributed by atoms with Crippen LogP contribution in [0.25, 0.3) is 0 Å². The third-order valence-corrected chi connectivity index (χ3v) is 8.48. The minimum atomic E-state index is -4.07. The van der Waals surface area contributed by atoms with Crippen LogP contribution in [0.4, 0.5) is 21.5 Å². The molecule has 1 amide bonds. The number of carbonyl (C=O) groups is 1. The van der Waals surface area contributed by atoms with Gasteiger partial charge in [-0.25, -0.2) is 12.8 Å². The van der Waals surface area contributed by atoms with Crippen molar-refractivity contribution in [3.05, 3.63) is 68.1 Å². The number of nitrogens with zero attached hydrogens (tertiary/aromatic N) is 1. The number of sulfonamides is 1. The summed E-state index contributed by atoms with van der Waals surface area (Å²) >= 11 is 6.87. The van der Waals surface area contributed by atoms with Gasteiger partial charge in [-0.15, -0.1) is 11.3 Å². The first kappa shape index (κ1) is 24.5. The zero-order valence-electron chi connectivity index (χ0n) is 19.0. The van der Waals surface area contributed by atoms with Crippen LogP contribution in [-0.4, -0.2) is 27.4 Å². The molecule has 0 bridgehead atoms. The van der Waals surface area contributed by atoms with Gasteiger partial charge in [-0.05, 0) is 79.9 Å². The van der Waals surface area contributed by atoms with Gasteiger partial charge < -0.3 is 10.2 Å². The van der Waals surface area contributed by atoms with Crippen LogP contribution in [0.2, 0.25) is 5.02 Å². The van der Waals surface area contributed by atoms with Crippen LogP contribution in [0.15, 0.2) is 40.6 Å². The van der Waals surface area contributed by atoms with Crippen molar-refractivity contribution in [3.8, 4) is 0 Å². The van der Waals surface area contributed by atoms with Crippen molar-refractivity contribution in [2.24, 2.45) is 0 Å². The third-order valence-electron chi connectivity index (χ3n) is 5.91. The lowest BCUT2D eigenvalue weighted by atomic mass is 10.0. The van der Waals surface area contributed by atoms with Crippen LogP contribution < -0.4 is 14.9 Å². The minimum absolute atomic E-state index is 0.144. The van der Waals surface area contributed by atoms with E-state index in [0.717, 1.165) is 83.5 Å². The van der Waals surface area contributed by atoms with Crippen molar-refractivity contribution in [2.45, 2.75) is 38.5 Å². The number of halogens is 2. The van der Waals surface area contributed by atoms with Gasteiger partial charge in [-0.2, -0.15) is 0 Å². The lowest BCUT2D eigenvalue weighted by molar-refractivity contribution is 0.103. The summed E-state index contributed by atoms with van der Waals surface area (Å²) in [6, 6.07) is 6.72. The van der Waals surface area contributed by atoms with Crippen molar-refractivity contribution in [2.75, 3.05) is 28.0 Å². The van der Waals surface area contributed by atoms with Crippen LogP contribution in [0.1, 0.15) is 39.2 Å². The number of aryl methyl sites for hydroxylation is 2. The Bertz CT molecular complexity index is 1370. The van der Waals surface area contributed by atoms with E-state index in [-0.39, 0.29) is 20.5 Å². The number of rotatable bonds is 6. The number of thiophene rings is 1. The summed E-state index contributed by atoms with van der Waals surface area (Å²) in [5.74, 6) is -1.12. The number of benzene rings is 2. The first-order valence-electron chi connectivity index (χ1n) is 10.8. The van der Waals surface area contributed by atoms with E-state index >= 15 is 0 Å². The number of hydrogen-bond donors (Lipinski definition) is 2. The molecule has 0 atom stereocenters. The molecule has 10 heteroatoms. The number of anilines is 3. The predicted octanol–water partition coefficient (Wildman–Crippen LogP) is 6.12. The van der Waals surface area contributed by atoms with E-state index in [4.69, 9.17) is 11.6 Å². The van der Waals surface area contributed by atoms with E-state index in [2.05, 4.69) is 27.9 Å². The van der Waals surface area contributed by atoms with Gasteiger partial charge >= 0.3 is 0 Å². The summed E-state index contributed by atoms with van der Waals surface area (Å²) in [6.07, 6.45) is 2.29. The van der Waals surface area contributed by atoms with Crippen LogP contribution in [0, 0.1) is 26.6 Å². The average Bonchev–Trinajstić information content (AvgIpc) is 3.45. The molecule has 4 rings (SSSR count). The summed E-state index contributed by atoms with van der Waals surface area (Å²) in [6.45, 7) is 8.00. The van der Waals surface area contributed by atoms with Crippen molar-refractivity contribution in [3.63, 3.8) is 0 Å². The van der Waals surface area contributed by atoms with E-state index < -0.39 is 21.7 Å². The highest BCUT2D eigenvalue weighted by atomic mass is 35.5. The second kappa shape index (κ2) is 9.56. The van der Waals surface area contributed by atoms with E-state index in [0.29, 0.717) is 0 Å². The summed E-state index contributed by atoms with van der Waals surface area (Å²) in [5.41, 5.74) is 5.10. The number of hydrogen-bond acceptors (Lipinski definition) is 5.